The van der Waals surface area contributed by atoms with E-state index in [2.05, 4.69) is 16.4 Å². The summed E-state index contributed by atoms with van der Waals surface area (Å²) in [6.07, 6.45) is 10.7. The van der Waals surface area contributed by atoms with Crippen molar-refractivity contribution in [2.24, 2.45) is 5.92 Å². The SMILES string of the molecule is CCCCCCCCC(O)/C=C/CC(C(=O)OC)C(=O)OC. The van der Waals surface area contributed by atoms with Crippen LogP contribution in [0.2, 0.25) is 0 Å². The first-order chi connectivity index (χ1) is 10.6. The smallest absolute Gasteiger partial charge is 0.320 e. The standard InChI is InChI=1S/C17H30O5/c1-4-5-6-7-8-9-11-14(18)12-10-13-15(16(19)21-2)17(20)22-3/h10,12,14-15,18H,4-9,11,13H2,1-3H3/b12-10+. The van der Waals surface area contributed by atoms with Crippen LogP contribution in [0.3, 0.4) is 0 Å². The average Bonchev–Trinajstić information content (AvgIpc) is 2.53. The highest BCUT2D eigenvalue weighted by molar-refractivity contribution is 5.94. The highest BCUT2D eigenvalue weighted by Gasteiger charge is 2.27. The Balaban J connectivity index is 4.01. The number of esters is 2. The van der Waals surface area contributed by atoms with Crippen molar-refractivity contribution in [3.05, 3.63) is 12.2 Å². The van der Waals surface area contributed by atoms with Gasteiger partial charge in [-0.2, -0.15) is 0 Å². The number of ether oxygens (including phenoxy) is 2. The number of carbonyl (C=O) groups is 2. The number of hydrogen-bond acceptors (Lipinski definition) is 5. The van der Waals surface area contributed by atoms with E-state index in [1.54, 1.807) is 12.2 Å². The van der Waals surface area contributed by atoms with Gasteiger partial charge in [0.25, 0.3) is 0 Å². The van der Waals surface area contributed by atoms with Crippen LogP contribution in [0.1, 0.15) is 58.3 Å². The molecular weight excluding hydrogens is 284 g/mol. The number of carbonyl (C=O) groups excluding carboxylic acids is 2. The molecule has 128 valence electrons. The fourth-order valence-corrected chi connectivity index (χ4v) is 2.17. The molecule has 0 aromatic heterocycles. The Hall–Kier alpha value is -1.36. The van der Waals surface area contributed by atoms with Gasteiger partial charge >= 0.3 is 11.9 Å². The molecule has 0 aliphatic rings. The third-order valence-corrected chi connectivity index (χ3v) is 3.55. The second-order valence-corrected chi connectivity index (χ2v) is 5.39. The molecule has 0 aromatic carbocycles. The van der Waals surface area contributed by atoms with E-state index in [9.17, 15) is 14.7 Å². The summed E-state index contributed by atoms with van der Waals surface area (Å²) in [4.78, 5) is 22.9. The van der Waals surface area contributed by atoms with Gasteiger partial charge in [-0.05, 0) is 12.8 Å². The lowest BCUT2D eigenvalue weighted by molar-refractivity contribution is -0.158. The van der Waals surface area contributed by atoms with Gasteiger partial charge in [-0.3, -0.25) is 9.59 Å². The maximum atomic E-state index is 11.5. The van der Waals surface area contributed by atoms with Gasteiger partial charge in [0.05, 0.1) is 20.3 Å². The van der Waals surface area contributed by atoms with Crippen LogP contribution in [-0.2, 0) is 19.1 Å². The maximum Gasteiger partial charge on any atom is 0.320 e. The predicted octanol–water partition coefficient (Wildman–Crippen LogP) is 3.01. The zero-order valence-corrected chi connectivity index (χ0v) is 14.0. The number of unbranched alkanes of at least 4 members (excludes halogenated alkanes) is 5. The van der Waals surface area contributed by atoms with Gasteiger partial charge < -0.3 is 14.6 Å². The summed E-state index contributed by atoms with van der Waals surface area (Å²) in [5.74, 6) is -2.21. The summed E-state index contributed by atoms with van der Waals surface area (Å²) in [6.45, 7) is 2.18. The van der Waals surface area contributed by atoms with Crippen molar-refractivity contribution in [1.82, 2.24) is 0 Å². The van der Waals surface area contributed by atoms with E-state index < -0.39 is 24.0 Å². The fourth-order valence-electron chi connectivity index (χ4n) is 2.17. The quantitative estimate of drug-likeness (QED) is 0.259. The summed E-state index contributed by atoms with van der Waals surface area (Å²) >= 11 is 0. The minimum Gasteiger partial charge on any atom is -0.468 e. The summed E-state index contributed by atoms with van der Waals surface area (Å²) in [7, 11) is 2.46. The van der Waals surface area contributed by atoms with Crippen LogP contribution in [0.4, 0.5) is 0 Å². The molecular formula is C17H30O5. The molecule has 0 rings (SSSR count). The molecule has 0 saturated heterocycles. The molecule has 0 heterocycles. The van der Waals surface area contributed by atoms with Gasteiger partial charge in [-0.25, -0.2) is 0 Å². The number of allylic oxidation sites excluding steroid dienone is 1. The first-order valence-corrected chi connectivity index (χ1v) is 8.07. The minimum absolute atomic E-state index is 0.174. The first kappa shape index (κ1) is 20.6. The minimum atomic E-state index is -0.965. The number of aliphatic hydroxyl groups excluding tert-OH is 1. The molecule has 0 radical (unpaired) electrons. The Kier molecular flexibility index (Phi) is 12.5. The molecule has 22 heavy (non-hydrogen) atoms. The van der Waals surface area contributed by atoms with E-state index in [-0.39, 0.29) is 6.42 Å². The maximum absolute atomic E-state index is 11.5. The van der Waals surface area contributed by atoms with Crippen molar-refractivity contribution in [3.63, 3.8) is 0 Å². The van der Waals surface area contributed by atoms with E-state index in [0.717, 1.165) is 12.8 Å². The normalized spacial score (nSPS) is 12.6. The van der Waals surface area contributed by atoms with E-state index in [0.29, 0.717) is 6.42 Å². The summed E-state index contributed by atoms with van der Waals surface area (Å²) in [5.41, 5.74) is 0. The van der Waals surface area contributed by atoms with Crippen molar-refractivity contribution in [3.8, 4) is 0 Å². The topological polar surface area (TPSA) is 72.8 Å². The molecule has 5 nitrogen and oxygen atoms in total. The van der Waals surface area contributed by atoms with Crippen LogP contribution in [0.25, 0.3) is 0 Å². The Morgan fingerprint density at radius 3 is 2.09 bits per heavy atom. The van der Waals surface area contributed by atoms with E-state index >= 15 is 0 Å². The number of rotatable bonds is 12. The lowest BCUT2D eigenvalue weighted by Crippen LogP contribution is -2.26. The fraction of sp³-hybridized carbons (Fsp3) is 0.765. The highest BCUT2D eigenvalue weighted by atomic mass is 16.5. The van der Waals surface area contributed by atoms with Crippen LogP contribution >= 0.6 is 0 Å². The van der Waals surface area contributed by atoms with Crippen molar-refractivity contribution in [2.75, 3.05) is 14.2 Å². The van der Waals surface area contributed by atoms with Crippen molar-refractivity contribution in [2.45, 2.75) is 64.4 Å². The average molecular weight is 314 g/mol. The molecule has 5 heteroatoms. The third kappa shape index (κ3) is 9.55. The molecule has 1 unspecified atom stereocenters. The lowest BCUT2D eigenvalue weighted by Gasteiger charge is -2.10. The van der Waals surface area contributed by atoms with Gasteiger partial charge in [0.15, 0.2) is 5.92 Å². The van der Waals surface area contributed by atoms with Crippen LogP contribution in [0.15, 0.2) is 12.2 Å². The van der Waals surface area contributed by atoms with Gasteiger partial charge in [-0.15, -0.1) is 0 Å². The number of methoxy groups -OCH3 is 2. The molecule has 0 aliphatic heterocycles. The molecule has 1 atom stereocenters. The molecule has 0 fully saturated rings. The van der Waals surface area contributed by atoms with Crippen LogP contribution in [0, 0.1) is 5.92 Å². The van der Waals surface area contributed by atoms with Gasteiger partial charge in [-0.1, -0.05) is 57.6 Å². The summed E-state index contributed by atoms with van der Waals surface area (Å²) < 4.78 is 9.14. The summed E-state index contributed by atoms with van der Waals surface area (Å²) in [6, 6.07) is 0. The Morgan fingerprint density at radius 2 is 1.55 bits per heavy atom. The zero-order valence-electron chi connectivity index (χ0n) is 14.0. The van der Waals surface area contributed by atoms with Crippen LogP contribution in [0.5, 0.6) is 0 Å². The van der Waals surface area contributed by atoms with Crippen LogP contribution < -0.4 is 0 Å². The van der Waals surface area contributed by atoms with E-state index in [1.165, 1.54) is 39.9 Å². The molecule has 0 amide bonds. The van der Waals surface area contributed by atoms with Gasteiger partial charge in [0, 0.05) is 0 Å². The highest BCUT2D eigenvalue weighted by Crippen LogP contribution is 2.12. The van der Waals surface area contributed by atoms with Crippen molar-refractivity contribution < 1.29 is 24.2 Å². The molecule has 0 bridgehead atoms. The van der Waals surface area contributed by atoms with Crippen LogP contribution in [-0.4, -0.2) is 37.4 Å². The number of hydrogen-bond donors (Lipinski definition) is 1. The molecule has 1 N–H and O–H groups in total. The van der Waals surface area contributed by atoms with Gasteiger partial charge in [0.1, 0.15) is 0 Å². The second kappa shape index (κ2) is 13.3. The lowest BCUT2D eigenvalue weighted by atomic mass is 10.0. The largest absolute Gasteiger partial charge is 0.468 e. The van der Waals surface area contributed by atoms with E-state index in [1.807, 2.05) is 0 Å². The Morgan fingerprint density at radius 1 is 1.00 bits per heavy atom. The number of aliphatic hydroxyl groups is 1. The Labute approximate surface area is 133 Å². The second-order valence-electron chi connectivity index (χ2n) is 5.39. The van der Waals surface area contributed by atoms with Gasteiger partial charge in [0.2, 0.25) is 0 Å². The predicted molar refractivity (Wildman–Crippen MR) is 85.3 cm³/mol. The Bertz CT molecular complexity index is 322. The molecule has 0 saturated carbocycles. The summed E-state index contributed by atoms with van der Waals surface area (Å²) in [5, 5.41) is 9.84. The molecule has 0 aliphatic carbocycles. The van der Waals surface area contributed by atoms with E-state index in [4.69, 9.17) is 0 Å². The molecule has 0 spiro atoms. The van der Waals surface area contributed by atoms with Crippen molar-refractivity contribution in [1.29, 1.82) is 0 Å². The zero-order chi connectivity index (χ0) is 16.8. The molecule has 0 aromatic rings. The monoisotopic (exact) mass is 314 g/mol. The third-order valence-electron chi connectivity index (χ3n) is 3.55. The first-order valence-electron chi connectivity index (χ1n) is 8.07. The van der Waals surface area contributed by atoms with Crippen molar-refractivity contribution >= 4 is 11.9 Å².